The number of aryl methyl sites for hydroxylation is 1. The van der Waals surface area contributed by atoms with Gasteiger partial charge in [0.1, 0.15) is 5.75 Å². The number of carbonyl (C=O) groups excluding carboxylic acids is 2. The number of benzene rings is 1. The number of carbonyl (C=O) groups is 2. The van der Waals surface area contributed by atoms with Crippen LogP contribution in [0, 0.1) is 0 Å². The number of esters is 1. The molecule has 11 heteroatoms. The van der Waals surface area contributed by atoms with Crippen LogP contribution in [0.4, 0.5) is 14.5 Å². The molecule has 0 saturated heterocycles. The zero-order valence-electron chi connectivity index (χ0n) is 15.7. The van der Waals surface area contributed by atoms with Crippen LogP contribution in [-0.4, -0.2) is 34.7 Å². The number of hydrogen-bond acceptors (Lipinski definition) is 8. The Kier molecular flexibility index (Phi) is 7.07. The molecule has 1 unspecified atom stereocenters. The Bertz CT molecular complexity index is 994. The normalized spacial score (nSPS) is 11.9. The summed E-state index contributed by atoms with van der Waals surface area (Å²) in [4.78, 5) is 28.4. The van der Waals surface area contributed by atoms with Crippen LogP contribution < -0.4 is 10.1 Å². The molecule has 158 valence electrons. The molecule has 0 saturated carbocycles. The molecule has 8 nitrogen and oxygen atoms in total. The average Bonchev–Trinajstić information content (AvgIpc) is 3.39. The van der Waals surface area contributed by atoms with E-state index in [4.69, 9.17) is 9.26 Å². The maximum absolute atomic E-state index is 12.5. The predicted molar refractivity (Wildman–Crippen MR) is 103 cm³/mol. The summed E-state index contributed by atoms with van der Waals surface area (Å²) in [5.41, 5.74) is 0.858. The molecule has 0 bridgehead atoms. The molecule has 0 aliphatic rings. The van der Waals surface area contributed by atoms with Crippen LogP contribution in [0.25, 0.3) is 11.4 Å². The zero-order valence-corrected chi connectivity index (χ0v) is 16.5. The molecule has 1 amide bonds. The van der Waals surface area contributed by atoms with Crippen molar-refractivity contribution in [1.82, 2.24) is 10.1 Å². The van der Waals surface area contributed by atoms with E-state index < -0.39 is 24.6 Å². The highest BCUT2D eigenvalue weighted by Gasteiger charge is 2.20. The zero-order chi connectivity index (χ0) is 21.5. The van der Waals surface area contributed by atoms with Gasteiger partial charge in [-0.2, -0.15) is 25.1 Å². The molecular weight excluding hydrogens is 420 g/mol. The van der Waals surface area contributed by atoms with E-state index in [2.05, 4.69) is 20.2 Å². The lowest BCUT2D eigenvalue weighted by Gasteiger charge is -2.15. The number of amides is 1. The summed E-state index contributed by atoms with van der Waals surface area (Å²) in [5.74, 6) is -0.839. The summed E-state index contributed by atoms with van der Waals surface area (Å²) < 4.78 is 39.4. The molecule has 2 aromatic heterocycles. The monoisotopic (exact) mass is 437 g/mol. The minimum Gasteiger partial charge on any atom is -0.453 e. The lowest BCUT2D eigenvalue weighted by Crippen LogP contribution is -2.30. The summed E-state index contributed by atoms with van der Waals surface area (Å²) in [5, 5.41) is 9.99. The summed E-state index contributed by atoms with van der Waals surface area (Å²) in [6, 6.07) is 7.55. The first-order valence-corrected chi connectivity index (χ1v) is 9.76. The van der Waals surface area contributed by atoms with Crippen molar-refractivity contribution >= 4 is 28.9 Å². The van der Waals surface area contributed by atoms with E-state index in [9.17, 15) is 18.4 Å². The molecule has 3 aromatic rings. The van der Waals surface area contributed by atoms with Crippen LogP contribution in [0.15, 0.2) is 45.6 Å². The van der Waals surface area contributed by atoms with Gasteiger partial charge in [-0.15, -0.1) is 0 Å². The number of anilines is 1. The molecule has 1 aromatic carbocycles. The third-order valence-electron chi connectivity index (χ3n) is 3.83. The van der Waals surface area contributed by atoms with Crippen molar-refractivity contribution in [3.8, 4) is 17.1 Å². The van der Waals surface area contributed by atoms with E-state index in [1.54, 1.807) is 6.07 Å². The Labute approximate surface area is 173 Å². The fourth-order valence-electron chi connectivity index (χ4n) is 2.39. The molecule has 0 radical (unpaired) electrons. The Morgan fingerprint density at radius 1 is 1.27 bits per heavy atom. The quantitative estimate of drug-likeness (QED) is 0.506. The SMILES string of the molecule is CC(OC(=O)CCc1nc(-c2ccsc2)no1)C(=O)Nc1ccccc1OC(F)F. The van der Waals surface area contributed by atoms with E-state index >= 15 is 0 Å². The number of thiophene rings is 1. The van der Waals surface area contributed by atoms with Crippen LogP contribution in [0.2, 0.25) is 0 Å². The van der Waals surface area contributed by atoms with Crippen LogP contribution in [0.5, 0.6) is 5.75 Å². The molecule has 1 atom stereocenters. The molecule has 1 N–H and O–H groups in total. The number of halogens is 2. The molecule has 0 aliphatic heterocycles. The molecule has 0 spiro atoms. The summed E-state index contributed by atoms with van der Waals surface area (Å²) >= 11 is 1.50. The number of ether oxygens (including phenoxy) is 2. The van der Waals surface area contributed by atoms with Crippen molar-refractivity contribution in [3.63, 3.8) is 0 Å². The van der Waals surface area contributed by atoms with E-state index in [-0.39, 0.29) is 30.2 Å². The first kappa shape index (κ1) is 21.4. The highest BCUT2D eigenvalue weighted by atomic mass is 32.1. The van der Waals surface area contributed by atoms with Crippen LogP contribution in [0.3, 0.4) is 0 Å². The summed E-state index contributed by atoms with van der Waals surface area (Å²) in [6.07, 6.45) is -1.08. The first-order valence-electron chi connectivity index (χ1n) is 8.81. The van der Waals surface area contributed by atoms with Crippen molar-refractivity contribution in [2.45, 2.75) is 32.5 Å². The van der Waals surface area contributed by atoms with Crippen molar-refractivity contribution in [1.29, 1.82) is 0 Å². The van der Waals surface area contributed by atoms with Crippen molar-refractivity contribution in [2.24, 2.45) is 0 Å². The fourth-order valence-corrected chi connectivity index (χ4v) is 3.02. The predicted octanol–water partition coefficient (Wildman–Crippen LogP) is 3.90. The number of alkyl halides is 2. The van der Waals surface area contributed by atoms with E-state index in [0.717, 1.165) is 5.56 Å². The molecule has 2 heterocycles. The van der Waals surface area contributed by atoms with E-state index in [1.807, 2.05) is 16.8 Å². The number of para-hydroxylation sites is 2. The van der Waals surface area contributed by atoms with Crippen LogP contribution in [0.1, 0.15) is 19.2 Å². The van der Waals surface area contributed by atoms with Crippen molar-refractivity contribution in [3.05, 3.63) is 47.0 Å². The van der Waals surface area contributed by atoms with Gasteiger partial charge < -0.3 is 19.3 Å². The number of rotatable bonds is 9. The topological polar surface area (TPSA) is 104 Å². The van der Waals surface area contributed by atoms with Gasteiger partial charge in [0, 0.05) is 17.4 Å². The van der Waals surface area contributed by atoms with Crippen LogP contribution in [-0.2, 0) is 20.7 Å². The highest BCUT2D eigenvalue weighted by Crippen LogP contribution is 2.25. The number of nitrogens with one attached hydrogen (secondary N) is 1. The number of nitrogens with zero attached hydrogens (tertiary/aromatic N) is 2. The van der Waals surface area contributed by atoms with E-state index in [1.165, 1.54) is 36.5 Å². The molecule has 30 heavy (non-hydrogen) atoms. The smallest absolute Gasteiger partial charge is 0.387 e. The highest BCUT2D eigenvalue weighted by molar-refractivity contribution is 7.08. The fraction of sp³-hybridized carbons (Fsp3) is 0.263. The number of aromatic nitrogens is 2. The summed E-state index contributed by atoms with van der Waals surface area (Å²) in [6.45, 7) is -1.67. The summed E-state index contributed by atoms with van der Waals surface area (Å²) in [7, 11) is 0. The third-order valence-corrected chi connectivity index (χ3v) is 4.51. The van der Waals surface area contributed by atoms with Gasteiger partial charge in [0.2, 0.25) is 11.7 Å². The lowest BCUT2D eigenvalue weighted by molar-refractivity contribution is -0.153. The Balaban J connectivity index is 1.49. The lowest BCUT2D eigenvalue weighted by atomic mass is 10.2. The van der Waals surface area contributed by atoms with Gasteiger partial charge in [0.05, 0.1) is 12.1 Å². The van der Waals surface area contributed by atoms with E-state index in [0.29, 0.717) is 5.82 Å². The molecular formula is C19H17F2N3O5S. The standard InChI is InChI=1S/C19H17F2N3O5S/c1-11(18(26)22-13-4-2-3-5-14(13)28-19(20)21)27-16(25)7-6-15-23-17(24-29-15)12-8-9-30-10-12/h2-5,8-11,19H,6-7H2,1H3,(H,22,26). The van der Waals surface area contributed by atoms with Crippen molar-refractivity contribution in [2.75, 3.05) is 5.32 Å². The largest absolute Gasteiger partial charge is 0.453 e. The van der Waals surface area contributed by atoms with Gasteiger partial charge in [-0.05, 0) is 30.5 Å². The minimum absolute atomic E-state index is 0.0394. The van der Waals surface area contributed by atoms with Gasteiger partial charge in [0.15, 0.2) is 6.10 Å². The third kappa shape index (κ3) is 5.83. The Morgan fingerprint density at radius 3 is 2.80 bits per heavy atom. The molecule has 0 fully saturated rings. The Morgan fingerprint density at radius 2 is 2.07 bits per heavy atom. The Hall–Kier alpha value is -3.34. The first-order chi connectivity index (χ1) is 14.4. The second-order valence-electron chi connectivity index (χ2n) is 6.02. The average molecular weight is 437 g/mol. The van der Waals surface area contributed by atoms with Gasteiger partial charge in [0.25, 0.3) is 5.91 Å². The second kappa shape index (κ2) is 9.92. The van der Waals surface area contributed by atoms with Crippen LogP contribution >= 0.6 is 11.3 Å². The number of hydrogen-bond donors (Lipinski definition) is 1. The maximum Gasteiger partial charge on any atom is 0.387 e. The van der Waals surface area contributed by atoms with Gasteiger partial charge >= 0.3 is 12.6 Å². The molecule has 0 aliphatic carbocycles. The maximum atomic E-state index is 12.5. The minimum atomic E-state index is -3.04. The van der Waals surface area contributed by atoms with Gasteiger partial charge in [-0.25, -0.2) is 0 Å². The van der Waals surface area contributed by atoms with Crippen molar-refractivity contribution < 1.29 is 32.4 Å². The molecule has 3 rings (SSSR count). The second-order valence-corrected chi connectivity index (χ2v) is 6.80. The van der Waals surface area contributed by atoms with Gasteiger partial charge in [-0.1, -0.05) is 17.3 Å². The van der Waals surface area contributed by atoms with Gasteiger partial charge in [-0.3, -0.25) is 9.59 Å².